The normalized spacial score (nSPS) is 16.1. The number of hydrogen-bond donors (Lipinski definition) is 1. The summed E-state index contributed by atoms with van der Waals surface area (Å²) in [5.41, 5.74) is 8.09. The molecule has 2 aromatic rings. The second-order valence-corrected chi connectivity index (χ2v) is 8.99. The van der Waals surface area contributed by atoms with E-state index in [1.54, 1.807) is 4.90 Å². The van der Waals surface area contributed by atoms with E-state index >= 15 is 0 Å². The van der Waals surface area contributed by atoms with Crippen LogP contribution in [-0.2, 0) is 20.8 Å². The van der Waals surface area contributed by atoms with E-state index in [9.17, 15) is 9.59 Å². The van der Waals surface area contributed by atoms with Crippen LogP contribution >= 0.6 is 0 Å². The molecular formula is C23H32N4O4. The van der Waals surface area contributed by atoms with Crippen molar-refractivity contribution >= 4 is 12.1 Å². The van der Waals surface area contributed by atoms with Gasteiger partial charge in [-0.2, -0.15) is 5.10 Å². The van der Waals surface area contributed by atoms with Gasteiger partial charge in [-0.1, -0.05) is 18.2 Å². The number of methoxy groups -OCH3 is 1. The lowest BCUT2D eigenvalue weighted by molar-refractivity contribution is -0.142. The van der Waals surface area contributed by atoms with Crippen LogP contribution in [0.25, 0.3) is 11.1 Å². The third-order valence-corrected chi connectivity index (χ3v) is 5.38. The van der Waals surface area contributed by atoms with Gasteiger partial charge in [0.1, 0.15) is 11.6 Å². The van der Waals surface area contributed by atoms with Crippen molar-refractivity contribution in [2.45, 2.75) is 51.8 Å². The zero-order chi connectivity index (χ0) is 22.6. The van der Waals surface area contributed by atoms with E-state index in [2.05, 4.69) is 5.10 Å². The Labute approximate surface area is 183 Å². The van der Waals surface area contributed by atoms with Crippen molar-refractivity contribution in [1.82, 2.24) is 14.7 Å². The van der Waals surface area contributed by atoms with Crippen molar-refractivity contribution in [1.29, 1.82) is 0 Å². The van der Waals surface area contributed by atoms with Crippen LogP contribution in [0, 0.1) is 5.92 Å². The summed E-state index contributed by atoms with van der Waals surface area (Å²) in [4.78, 5) is 25.7. The molecule has 0 spiro atoms. The number of esters is 1. The molecule has 1 unspecified atom stereocenters. The highest BCUT2D eigenvalue weighted by atomic mass is 16.6. The van der Waals surface area contributed by atoms with Gasteiger partial charge in [-0.05, 0) is 56.7 Å². The predicted octanol–water partition coefficient (Wildman–Crippen LogP) is 3.37. The Morgan fingerprint density at radius 1 is 1.23 bits per heavy atom. The molecule has 1 aliphatic rings. The molecular weight excluding hydrogens is 396 g/mol. The second kappa shape index (κ2) is 9.51. The van der Waals surface area contributed by atoms with Crippen LogP contribution in [0.1, 0.15) is 45.2 Å². The number of hydrogen-bond acceptors (Lipinski definition) is 6. The Hall–Kier alpha value is -2.87. The third-order valence-electron chi connectivity index (χ3n) is 5.38. The molecule has 2 heterocycles. The van der Waals surface area contributed by atoms with Gasteiger partial charge >= 0.3 is 12.1 Å². The Kier molecular flexibility index (Phi) is 7.00. The number of carbonyl (C=O) groups is 2. The second-order valence-electron chi connectivity index (χ2n) is 8.99. The predicted molar refractivity (Wildman–Crippen MR) is 117 cm³/mol. The first-order chi connectivity index (χ1) is 14.7. The highest BCUT2D eigenvalue weighted by Gasteiger charge is 2.27. The smallest absolute Gasteiger partial charge is 0.410 e. The Bertz CT molecular complexity index is 910. The molecule has 0 bridgehead atoms. The van der Waals surface area contributed by atoms with E-state index in [4.69, 9.17) is 15.2 Å². The minimum absolute atomic E-state index is 0.239. The van der Waals surface area contributed by atoms with Crippen molar-refractivity contribution in [3.63, 3.8) is 0 Å². The molecule has 1 aromatic heterocycles. The molecule has 8 nitrogen and oxygen atoms in total. The van der Waals surface area contributed by atoms with Crippen molar-refractivity contribution in [3.8, 4) is 11.1 Å². The molecule has 1 amide bonds. The van der Waals surface area contributed by atoms with E-state index in [1.165, 1.54) is 7.11 Å². The number of nitrogens with two attached hydrogens (primary N) is 1. The molecule has 1 aliphatic heterocycles. The molecule has 0 radical (unpaired) electrons. The topological polar surface area (TPSA) is 99.7 Å². The minimum Gasteiger partial charge on any atom is -0.468 e. The SMILES string of the molecule is COC(=O)C(N)c1cccc(-c2cnn(CC3CCN(C(=O)OC(C)(C)C)CC3)c2)c1. The van der Waals surface area contributed by atoms with Crippen molar-refractivity contribution in [3.05, 3.63) is 42.2 Å². The lowest BCUT2D eigenvalue weighted by Crippen LogP contribution is -2.42. The first kappa shape index (κ1) is 22.8. The summed E-state index contributed by atoms with van der Waals surface area (Å²) in [6, 6.07) is 6.73. The lowest BCUT2D eigenvalue weighted by atomic mass is 9.97. The van der Waals surface area contributed by atoms with Gasteiger partial charge in [-0.15, -0.1) is 0 Å². The number of likely N-dealkylation sites (tertiary alicyclic amines) is 1. The molecule has 1 aromatic carbocycles. The Morgan fingerprint density at radius 3 is 2.58 bits per heavy atom. The van der Waals surface area contributed by atoms with Gasteiger partial charge in [0.2, 0.25) is 0 Å². The van der Waals surface area contributed by atoms with Gasteiger partial charge in [0.05, 0.1) is 13.3 Å². The summed E-state index contributed by atoms with van der Waals surface area (Å²) in [5, 5.41) is 4.50. The van der Waals surface area contributed by atoms with Gasteiger partial charge in [0, 0.05) is 31.4 Å². The molecule has 2 N–H and O–H groups in total. The lowest BCUT2D eigenvalue weighted by Gasteiger charge is -2.33. The fraction of sp³-hybridized carbons (Fsp3) is 0.522. The summed E-state index contributed by atoms with van der Waals surface area (Å²) in [7, 11) is 1.33. The van der Waals surface area contributed by atoms with Crippen molar-refractivity contribution < 1.29 is 19.1 Å². The van der Waals surface area contributed by atoms with E-state index in [-0.39, 0.29) is 6.09 Å². The van der Waals surface area contributed by atoms with Crippen LogP contribution in [0.5, 0.6) is 0 Å². The Morgan fingerprint density at radius 2 is 1.94 bits per heavy atom. The molecule has 8 heteroatoms. The number of benzene rings is 1. The standard InChI is InChI=1S/C23H32N4O4/c1-23(2,3)31-22(29)26-10-8-16(9-11-26)14-27-15-19(13-25-27)17-6-5-7-18(12-17)20(24)21(28)30-4/h5-7,12-13,15-16,20H,8-11,14,24H2,1-4H3. The van der Waals surface area contributed by atoms with E-state index in [0.29, 0.717) is 24.6 Å². The number of rotatable bonds is 5. The number of piperidine rings is 1. The maximum absolute atomic E-state index is 12.2. The number of ether oxygens (including phenoxy) is 2. The molecule has 1 saturated heterocycles. The quantitative estimate of drug-likeness (QED) is 0.733. The summed E-state index contributed by atoms with van der Waals surface area (Å²) >= 11 is 0. The van der Waals surface area contributed by atoms with Crippen LogP contribution in [-0.4, -0.2) is 52.5 Å². The summed E-state index contributed by atoms with van der Waals surface area (Å²) < 4.78 is 12.1. The van der Waals surface area contributed by atoms with Crippen LogP contribution in [0.2, 0.25) is 0 Å². The zero-order valence-electron chi connectivity index (χ0n) is 18.7. The fourth-order valence-corrected chi connectivity index (χ4v) is 3.68. The van der Waals surface area contributed by atoms with Gasteiger partial charge in [0.15, 0.2) is 0 Å². The number of carbonyl (C=O) groups excluding carboxylic acids is 2. The number of amides is 1. The maximum atomic E-state index is 12.2. The van der Waals surface area contributed by atoms with Crippen molar-refractivity contribution in [2.24, 2.45) is 11.7 Å². The summed E-state index contributed by atoms with van der Waals surface area (Å²) in [6.45, 7) is 7.83. The third kappa shape index (κ3) is 6.07. The van der Waals surface area contributed by atoms with Crippen molar-refractivity contribution in [2.75, 3.05) is 20.2 Å². The summed E-state index contributed by atoms with van der Waals surface area (Å²) in [6.07, 6.45) is 5.41. The maximum Gasteiger partial charge on any atom is 0.410 e. The molecule has 168 valence electrons. The van der Waals surface area contributed by atoms with Crippen LogP contribution in [0.4, 0.5) is 4.79 Å². The van der Waals surface area contributed by atoms with Crippen LogP contribution < -0.4 is 5.73 Å². The number of nitrogens with zero attached hydrogens (tertiary/aromatic N) is 3. The van der Waals surface area contributed by atoms with Gasteiger partial charge < -0.3 is 20.1 Å². The fourth-order valence-electron chi connectivity index (χ4n) is 3.68. The van der Waals surface area contributed by atoms with E-state index < -0.39 is 17.6 Å². The average molecular weight is 429 g/mol. The molecule has 31 heavy (non-hydrogen) atoms. The molecule has 3 rings (SSSR count). The summed E-state index contributed by atoms with van der Waals surface area (Å²) in [5.74, 6) is -0.0175. The zero-order valence-corrected chi connectivity index (χ0v) is 18.7. The van der Waals surface area contributed by atoms with Crippen LogP contribution in [0.15, 0.2) is 36.7 Å². The van der Waals surface area contributed by atoms with Gasteiger partial charge in [0.25, 0.3) is 0 Å². The van der Waals surface area contributed by atoms with Gasteiger partial charge in [-0.3, -0.25) is 9.48 Å². The van der Waals surface area contributed by atoms with E-state index in [1.807, 2.05) is 62.1 Å². The van der Waals surface area contributed by atoms with Gasteiger partial charge in [-0.25, -0.2) is 4.79 Å². The Balaban J connectivity index is 1.58. The number of aromatic nitrogens is 2. The highest BCUT2D eigenvalue weighted by molar-refractivity contribution is 5.78. The van der Waals surface area contributed by atoms with E-state index in [0.717, 1.165) is 30.5 Å². The monoisotopic (exact) mass is 428 g/mol. The minimum atomic E-state index is -0.810. The average Bonchev–Trinajstić information content (AvgIpc) is 3.20. The molecule has 0 saturated carbocycles. The van der Waals surface area contributed by atoms with Crippen LogP contribution in [0.3, 0.4) is 0 Å². The largest absolute Gasteiger partial charge is 0.468 e. The first-order valence-electron chi connectivity index (χ1n) is 10.6. The molecule has 0 aliphatic carbocycles. The molecule has 1 fully saturated rings. The highest BCUT2D eigenvalue weighted by Crippen LogP contribution is 2.25. The first-order valence-corrected chi connectivity index (χ1v) is 10.6. The molecule has 1 atom stereocenters.